The van der Waals surface area contributed by atoms with Crippen LogP contribution >= 0.6 is 12.2 Å². The molecule has 0 aliphatic heterocycles. The number of ether oxygens (including phenoxy) is 2. The second-order valence-electron chi connectivity index (χ2n) is 6.05. The zero-order chi connectivity index (χ0) is 20.5. The van der Waals surface area contributed by atoms with Crippen LogP contribution in [0.2, 0.25) is 0 Å². The number of methoxy groups -OCH3 is 1. The van der Waals surface area contributed by atoms with E-state index in [1.165, 1.54) is 4.90 Å². The Morgan fingerprint density at radius 3 is 2.14 bits per heavy atom. The fourth-order valence-electron chi connectivity index (χ4n) is 2.24. The maximum atomic E-state index is 12.3. The van der Waals surface area contributed by atoms with Crippen molar-refractivity contribution in [1.82, 2.24) is 10.2 Å². The van der Waals surface area contributed by atoms with E-state index in [2.05, 4.69) is 10.6 Å². The Kier molecular flexibility index (Phi) is 7.91. The van der Waals surface area contributed by atoms with E-state index >= 15 is 0 Å². The largest absolute Gasteiger partial charge is 0.491 e. The lowest BCUT2D eigenvalue weighted by Crippen LogP contribution is -2.34. The molecule has 8 heteroatoms. The first kappa shape index (κ1) is 21.3. The van der Waals surface area contributed by atoms with E-state index in [-0.39, 0.29) is 16.9 Å². The van der Waals surface area contributed by atoms with Crippen LogP contribution in [0.3, 0.4) is 0 Å². The number of carbonyl (C=O) groups excluding carboxylic acids is 2. The van der Waals surface area contributed by atoms with Gasteiger partial charge in [0.15, 0.2) is 5.11 Å². The SMILES string of the molecule is COCCOc1ccc(C(=O)NC(=S)Nc2ccc(C(=O)N(C)C)cc2)cc1. The summed E-state index contributed by atoms with van der Waals surface area (Å²) in [6.07, 6.45) is 0. The van der Waals surface area contributed by atoms with E-state index in [4.69, 9.17) is 21.7 Å². The lowest BCUT2D eigenvalue weighted by atomic mass is 10.2. The third-order valence-electron chi connectivity index (χ3n) is 3.70. The number of nitrogens with one attached hydrogen (secondary N) is 2. The van der Waals surface area contributed by atoms with Crippen LogP contribution in [-0.4, -0.2) is 56.2 Å². The molecule has 0 bridgehead atoms. The molecule has 0 spiro atoms. The van der Waals surface area contributed by atoms with Gasteiger partial charge in [-0.05, 0) is 60.7 Å². The second-order valence-corrected chi connectivity index (χ2v) is 6.46. The Bertz CT molecular complexity index is 820. The minimum atomic E-state index is -0.333. The Labute approximate surface area is 169 Å². The first-order valence-corrected chi connectivity index (χ1v) is 8.97. The third-order valence-corrected chi connectivity index (χ3v) is 3.90. The molecule has 0 saturated heterocycles. The average molecular weight is 401 g/mol. The molecule has 0 heterocycles. The monoisotopic (exact) mass is 401 g/mol. The van der Waals surface area contributed by atoms with Gasteiger partial charge in [-0.1, -0.05) is 0 Å². The molecule has 0 saturated carbocycles. The topological polar surface area (TPSA) is 79.9 Å². The number of rotatable bonds is 7. The van der Waals surface area contributed by atoms with Gasteiger partial charge < -0.3 is 19.7 Å². The Morgan fingerprint density at radius 2 is 1.57 bits per heavy atom. The third kappa shape index (κ3) is 6.33. The van der Waals surface area contributed by atoms with Crippen molar-refractivity contribution in [2.24, 2.45) is 0 Å². The van der Waals surface area contributed by atoms with Crippen LogP contribution in [0.25, 0.3) is 0 Å². The first-order valence-electron chi connectivity index (χ1n) is 8.56. The van der Waals surface area contributed by atoms with Gasteiger partial charge in [-0.25, -0.2) is 0 Å². The maximum Gasteiger partial charge on any atom is 0.257 e. The van der Waals surface area contributed by atoms with Crippen molar-refractivity contribution in [2.45, 2.75) is 0 Å². The molecule has 0 aliphatic rings. The van der Waals surface area contributed by atoms with Gasteiger partial charge >= 0.3 is 0 Å². The molecule has 28 heavy (non-hydrogen) atoms. The first-order chi connectivity index (χ1) is 13.4. The van der Waals surface area contributed by atoms with Gasteiger partial charge in [-0.15, -0.1) is 0 Å². The van der Waals surface area contributed by atoms with E-state index < -0.39 is 0 Å². The highest BCUT2D eigenvalue weighted by atomic mass is 32.1. The summed E-state index contributed by atoms with van der Waals surface area (Å²) in [5.41, 5.74) is 1.69. The predicted octanol–water partition coefficient (Wildman–Crippen LogP) is 2.54. The molecule has 0 radical (unpaired) electrons. The zero-order valence-corrected chi connectivity index (χ0v) is 16.8. The van der Waals surface area contributed by atoms with Gasteiger partial charge in [0.05, 0.1) is 6.61 Å². The zero-order valence-electron chi connectivity index (χ0n) is 16.0. The van der Waals surface area contributed by atoms with E-state index in [0.717, 1.165) is 0 Å². The number of anilines is 1. The Balaban J connectivity index is 1.88. The normalized spacial score (nSPS) is 10.1. The van der Waals surface area contributed by atoms with Gasteiger partial charge in [-0.2, -0.15) is 0 Å². The molecular weight excluding hydrogens is 378 g/mol. The Hall–Kier alpha value is -2.97. The molecule has 2 rings (SSSR count). The molecule has 7 nitrogen and oxygen atoms in total. The molecule has 2 N–H and O–H groups in total. The van der Waals surface area contributed by atoms with Crippen LogP contribution in [0.15, 0.2) is 48.5 Å². The second kappa shape index (κ2) is 10.4. The minimum Gasteiger partial charge on any atom is -0.491 e. The average Bonchev–Trinajstić information content (AvgIpc) is 2.68. The Morgan fingerprint density at radius 1 is 0.964 bits per heavy atom. The van der Waals surface area contributed by atoms with Gasteiger partial charge in [0.1, 0.15) is 12.4 Å². The van der Waals surface area contributed by atoms with Crippen LogP contribution in [0.5, 0.6) is 5.75 Å². The number of carbonyl (C=O) groups is 2. The van der Waals surface area contributed by atoms with E-state index in [0.29, 0.717) is 35.8 Å². The van der Waals surface area contributed by atoms with Gasteiger partial charge in [0.25, 0.3) is 11.8 Å². The lowest BCUT2D eigenvalue weighted by molar-refractivity contribution is 0.0827. The van der Waals surface area contributed by atoms with Crippen LogP contribution in [0.1, 0.15) is 20.7 Å². The summed E-state index contributed by atoms with van der Waals surface area (Å²) in [5.74, 6) is 0.235. The molecule has 2 aromatic carbocycles. The number of thiocarbonyl (C=S) groups is 1. The van der Waals surface area contributed by atoms with Crippen molar-refractivity contribution < 1.29 is 19.1 Å². The maximum absolute atomic E-state index is 12.3. The molecule has 0 unspecified atom stereocenters. The number of hydrogen-bond donors (Lipinski definition) is 2. The molecule has 2 aromatic rings. The van der Waals surface area contributed by atoms with Crippen molar-refractivity contribution in [1.29, 1.82) is 0 Å². The van der Waals surface area contributed by atoms with Crippen LogP contribution in [0.4, 0.5) is 5.69 Å². The van der Waals surface area contributed by atoms with Gasteiger partial charge in [0.2, 0.25) is 0 Å². The highest BCUT2D eigenvalue weighted by molar-refractivity contribution is 7.80. The van der Waals surface area contributed by atoms with Crippen molar-refractivity contribution >= 4 is 34.8 Å². The molecule has 0 aromatic heterocycles. The molecular formula is C20H23N3O4S. The smallest absolute Gasteiger partial charge is 0.257 e. The molecule has 148 valence electrons. The van der Waals surface area contributed by atoms with Crippen molar-refractivity contribution in [3.8, 4) is 5.75 Å². The summed E-state index contributed by atoms with van der Waals surface area (Å²) in [6.45, 7) is 0.932. The summed E-state index contributed by atoms with van der Waals surface area (Å²) in [6, 6.07) is 13.6. The van der Waals surface area contributed by atoms with E-state index in [1.807, 2.05) is 0 Å². The quantitative estimate of drug-likeness (QED) is 0.548. The standard InChI is InChI=1S/C20H23N3O4S/c1-23(2)19(25)15-4-8-16(9-5-15)21-20(28)22-18(24)14-6-10-17(11-7-14)27-13-12-26-3/h4-11H,12-13H2,1-3H3,(H2,21,22,24,28). The fourth-order valence-corrected chi connectivity index (χ4v) is 2.45. The van der Waals surface area contributed by atoms with Crippen LogP contribution < -0.4 is 15.4 Å². The van der Waals surface area contributed by atoms with Gasteiger partial charge in [-0.3, -0.25) is 14.9 Å². The lowest BCUT2D eigenvalue weighted by Gasteiger charge is -2.12. The van der Waals surface area contributed by atoms with Crippen molar-refractivity contribution in [2.75, 3.05) is 39.7 Å². The van der Waals surface area contributed by atoms with Crippen LogP contribution in [0, 0.1) is 0 Å². The van der Waals surface area contributed by atoms with Crippen molar-refractivity contribution in [3.05, 3.63) is 59.7 Å². The summed E-state index contributed by atoms with van der Waals surface area (Å²) in [7, 11) is 4.99. The number of hydrogen-bond acceptors (Lipinski definition) is 5. The summed E-state index contributed by atoms with van der Waals surface area (Å²) in [4.78, 5) is 25.7. The van der Waals surface area contributed by atoms with Crippen LogP contribution in [-0.2, 0) is 4.74 Å². The number of benzene rings is 2. The molecule has 0 fully saturated rings. The number of amides is 2. The number of nitrogens with zero attached hydrogens (tertiary/aromatic N) is 1. The van der Waals surface area contributed by atoms with E-state index in [1.54, 1.807) is 69.7 Å². The molecule has 2 amide bonds. The summed E-state index contributed by atoms with van der Waals surface area (Å²) in [5, 5.41) is 5.70. The van der Waals surface area contributed by atoms with E-state index in [9.17, 15) is 9.59 Å². The highest BCUT2D eigenvalue weighted by Crippen LogP contribution is 2.13. The molecule has 0 atom stereocenters. The minimum absolute atomic E-state index is 0.0860. The summed E-state index contributed by atoms with van der Waals surface area (Å²) >= 11 is 5.18. The molecule has 0 aliphatic carbocycles. The van der Waals surface area contributed by atoms with Gasteiger partial charge in [0, 0.05) is 38.0 Å². The highest BCUT2D eigenvalue weighted by Gasteiger charge is 2.10. The van der Waals surface area contributed by atoms with Crippen molar-refractivity contribution in [3.63, 3.8) is 0 Å². The fraction of sp³-hybridized carbons (Fsp3) is 0.250. The summed E-state index contributed by atoms with van der Waals surface area (Å²) < 4.78 is 10.4. The predicted molar refractivity (Wildman–Crippen MR) is 112 cm³/mol.